The van der Waals surface area contributed by atoms with Crippen LogP contribution in [0.3, 0.4) is 0 Å². The number of nitrogens with zero attached hydrogens (tertiary/aromatic N) is 3. The summed E-state index contributed by atoms with van der Waals surface area (Å²) in [6.45, 7) is 5.27. The number of urea groups is 1. The first-order valence-corrected chi connectivity index (χ1v) is 15.0. The number of rotatable bonds is 8. The van der Waals surface area contributed by atoms with Gasteiger partial charge in [0.15, 0.2) is 6.29 Å². The lowest BCUT2D eigenvalue weighted by atomic mass is 10.1. The normalized spacial score (nSPS) is 16.5. The van der Waals surface area contributed by atoms with E-state index in [1.165, 1.54) is 12.1 Å². The number of ether oxygens (including phenoxy) is 2. The summed E-state index contributed by atoms with van der Waals surface area (Å²) >= 11 is 0. The number of amidine groups is 1. The smallest absolute Gasteiger partial charge is 0.326 e. The molecule has 11 nitrogen and oxygen atoms in total. The molecule has 2 saturated heterocycles. The Morgan fingerprint density at radius 3 is 2.29 bits per heavy atom. The maximum Gasteiger partial charge on any atom is 0.326 e. The second-order valence-electron chi connectivity index (χ2n) is 9.93. The Labute approximate surface area is 240 Å². The molecule has 0 radical (unpaired) electrons. The number of hydrogen-bond donors (Lipinski definition) is 3. The average molecular weight is 579 g/mol. The summed E-state index contributed by atoms with van der Waals surface area (Å²) in [5.74, 6) is 0.406. The average Bonchev–Trinajstić information content (AvgIpc) is 3.49. The number of anilines is 2. The molecule has 12 heteroatoms. The van der Waals surface area contributed by atoms with Crippen molar-refractivity contribution in [2.75, 3.05) is 56.2 Å². The van der Waals surface area contributed by atoms with Crippen LogP contribution in [0.25, 0.3) is 0 Å². The molecule has 2 heterocycles. The molecule has 0 bridgehead atoms. The van der Waals surface area contributed by atoms with Crippen molar-refractivity contribution >= 4 is 33.3 Å². The standard InChI is InChI=1S/C29H34N6O5S/c30-28(34-15-13-33(14-16-34)21-27-39-17-18-40-27)23-5-4-6-24(19-23)32-29(36)35(25-7-2-1-3-8-25)20-22-9-11-26(12-10-22)41(31,37)38/h1-12,19,27,30H,13-18,20-21H2,(H,32,36)(H2,31,37,38). The highest BCUT2D eigenvalue weighted by Gasteiger charge is 2.25. The first-order valence-electron chi connectivity index (χ1n) is 13.4. The fraction of sp³-hybridized carbons (Fsp3) is 0.310. The van der Waals surface area contributed by atoms with Gasteiger partial charge in [0.2, 0.25) is 10.0 Å². The minimum atomic E-state index is -3.81. The van der Waals surface area contributed by atoms with Crippen LogP contribution in [-0.2, 0) is 26.0 Å². The summed E-state index contributed by atoms with van der Waals surface area (Å²) < 4.78 is 34.4. The van der Waals surface area contributed by atoms with Gasteiger partial charge in [0, 0.05) is 49.7 Å². The number of piperazine rings is 1. The monoisotopic (exact) mass is 578 g/mol. The molecular weight excluding hydrogens is 544 g/mol. The Bertz CT molecular complexity index is 1450. The molecule has 216 valence electrons. The van der Waals surface area contributed by atoms with Gasteiger partial charge >= 0.3 is 6.03 Å². The van der Waals surface area contributed by atoms with Gasteiger partial charge in [-0.2, -0.15) is 0 Å². The van der Waals surface area contributed by atoms with E-state index in [0.717, 1.165) is 25.2 Å². The van der Waals surface area contributed by atoms with Crippen LogP contribution in [0.5, 0.6) is 0 Å². The quantitative estimate of drug-likeness (QED) is 0.276. The highest BCUT2D eigenvalue weighted by atomic mass is 32.2. The molecule has 3 aromatic carbocycles. The van der Waals surface area contributed by atoms with Crippen LogP contribution in [0.2, 0.25) is 0 Å². The number of nitrogens with one attached hydrogen (secondary N) is 2. The van der Waals surface area contributed by atoms with E-state index in [1.54, 1.807) is 29.2 Å². The second kappa shape index (κ2) is 12.8. The van der Waals surface area contributed by atoms with Gasteiger partial charge in [-0.05, 0) is 42.0 Å². The van der Waals surface area contributed by atoms with Crippen molar-refractivity contribution in [3.8, 4) is 0 Å². The molecule has 2 aliphatic rings. The number of para-hydroxylation sites is 1. The number of benzene rings is 3. The van der Waals surface area contributed by atoms with Crippen LogP contribution in [0.15, 0.2) is 83.8 Å². The molecule has 5 rings (SSSR count). The maximum absolute atomic E-state index is 13.5. The van der Waals surface area contributed by atoms with Crippen molar-refractivity contribution in [2.45, 2.75) is 17.7 Å². The maximum atomic E-state index is 13.5. The van der Waals surface area contributed by atoms with Gasteiger partial charge in [0.05, 0.1) is 24.7 Å². The molecule has 0 saturated carbocycles. The second-order valence-corrected chi connectivity index (χ2v) is 11.5. The lowest BCUT2D eigenvalue weighted by Gasteiger charge is -2.36. The zero-order valence-corrected chi connectivity index (χ0v) is 23.4. The molecule has 2 amide bonds. The first-order chi connectivity index (χ1) is 19.8. The summed E-state index contributed by atoms with van der Waals surface area (Å²) in [7, 11) is -3.81. The Morgan fingerprint density at radius 2 is 1.63 bits per heavy atom. The highest BCUT2D eigenvalue weighted by molar-refractivity contribution is 7.89. The first kappa shape index (κ1) is 28.7. The van der Waals surface area contributed by atoms with Gasteiger partial charge in [-0.25, -0.2) is 18.4 Å². The molecule has 2 fully saturated rings. The number of hydrogen-bond acceptors (Lipinski definition) is 7. The fourth-order valence-electron chi connectivity index (χ4n) is 4.85. The Morgan fingerprint density at radius 1 is 0.951 bits per heavy atom. The molecule has 0 spiro atoms. The van der Waals surface area contributed by atoms with Crippen LogP contribution in [0.1, 0.15) is 11.1 Å². The number of amides is 2. The Balaban J connectivity index is 1.24. The Kier molecular flexibility index (Phi) is 8.96. The van der Waals surface area contributed by atoms with Crippen molar-refractivity contribution in [3.05, 3.63) is 90.0 Å². The number of nitrogens with two attached hydrogens (primary N) is 1. The molecule has 4 N–H and O–H groups in total. The molecule has 2 aliphatic heterocycles. The summed E-state index contributed by atoms with van der Waals surface area (Å²) in [5.41, 5.74) is 2.69. The summed E-state index contributed by atoms with van der Waals surface area (Å²) in [4.78, 5) is 19.4. The lowest BCUT2D eigenvalue weighted by molar-refractivity contribution is -0.0655. The van der Waals surface area contributed by atoms with Gasteiger partial charge in [0.25, 0.3) is 0 Å². The minimum Gasteiger partial charge on any atom is -0.354 e. The van der Waals surface area contributed by atoms with E-state index < -0.39 is 10.0 Å². The third-order valence-electron chi connectivity index (χ3n) is 7.08. The zero-order valence-electron chi connectivity index (χ0n) is 22.6. The van der Waals surface area contributed by atoms with Crippen LogP contribution >= 0.6 is 0 Å². The molecule has 0 unspecified atom stereocenters. The minimum absolute atomic E-state index is 0.00878. The number of sulfonamides is 1. The van der Waals surface area contributed by atoms with Crippen molar-refractivity contribution in [1.29, 1.82) is 5.41 Å². The molecule has 0 aromatic heterocycles. The van der Waals surface area contributed by atoms with E-state index in [-0.39, 0.29) is 23.8 Å². The molecule has 0 atom stereocenters. The van der Waals surface area contributed by atoms with Gasteiger partial charge in [-0.15, -0.1) is 0 Å². The summed E-state index contributed by atoms with van der Waals surface area (Å²) in [6.07, 6.45) is -0.168. The van der Waals surface area contributed by atoms with Crippen molar-refractivity contribution in [1.82, 2.24) is 9.80 Å². The van der Waals surface area contributed by atoms with Crippen molar-refractivity contribution in [3.63, 3.8) is 0 Å². The largest absolute Gasteiger partial charge is 0.354 e. The van der Waals surface area contributed by atoms with Gasteiger partial charge < -0.3 is 19.7 Å². The topological polar surface area (TPSA) is 141 Å². The van der Waals surface area contributed by atoms with E-state index in [2.05, 4.69) is 10.2 Å². The van der Waals surface area contributed by atoms with Crippen LogP contribution in [0, 0.1) is 5.41 Å². The van der Waals surface area contributed by atoms with Crippen molar-refractivity contribution in [2.24, 2.45) is 5.14 Å². The summed E-state index contributed by atoms with van der Waals surface area (Å²) in [5, 5.41) is 17.0. The zero-order chi connectivity index (χ0) is 28.8. The van der Waals surface area contributed by atoms with E-state index in [4.69, 9.17) is 20.0 Å². The third-order valence-corrected chi connectivity index (χ3v) is 8.01. The number of carbonyl (C=O) groups is 1. The van der Waals surface area contributed by atoms with Gasteiger partial charge in [-0.1, -0.05) is 42.5 Å². The predicted octanol–water partition coefficient (Wildman–Crippen LogP) is 2.89. The molecular formula is C29H34N6O5S. The lowest BCUT2D eigenvalue weighted by Crippen LogP contribution is -2.50. The van der Waals surface area contributed by atoms with Crippen LogP contribution in [0.4, 0.5) is 16.2 Å². The van der Waals surface area contributed by atoms with Crippen LogP contribution < -0.4 is 15.4 Å². The van der Waals surface area contributed by atoms with Crippen LogP contribution in [-0.4, -0.2) is 82.3 Å². The number of carbonyl (C=O) groups excluding carboxylic acids is 1. The predicted molar refractivity (Wildman–Crippen MR) is 156 cm³/mol. The van der Waals surface area contributed by atoms with Crippen molar-refractivity contribution < 1.29 is 22.7 Å². The van der Waals surface area contributed by atoms with E-state index in [1.807, 2.05) is 47.4 Å². The molecule has 3 aromatic rings. The van der Waals surface area contributed by atoms with Gasteiger partial charge in [0.1, 0.15) is 5.84 Å². The fourth-order valence-corrected chi connectivity index (χ4v) is 5.37. The molecule has 41 heavy (non-hydrogen) atoms. The van der Waals surface area contributed by atoms with E-state index >= 15 is 0 Å². The Hall–Kier alpha value is -3.81. The number of primary sulfonamides is 1. The molecule has 0 aliphatic carbocycles. The van der Waals surface area contributed by atoms with E-state index in [0.29, 0.717) is 49.1 Å². The summed E-state index contributed by atoms with van der Waals surface area (Å²) in [6, 6.07) is 22.3. The SMILES string of the molecule is N=C(c1cccc(NC(=O)N(Cc2ccc(S(N)(=O)=O)cc2)c2ccccc2)c1)N1CCN(CC2OCCO2)CC1. The van der Waals surface area contributed by atoms with E-state index in [9.17, 15) is 13.2 Å². The third kappa shape index (κ3) is 7.48. The van der Waals surface area contributed by atoms with Gasteiger partial charge in [-0.3, -0.25) is 15.2 Å². The highest BCUT2D eigenvalue weighted by Crippen LogP contribution is 2.21.